The molecule has 1 unspecified atom stereocenters. The minimum Gasteiger partial charge on any atom is -0.493 e. The van der Waals surface area contributed by atoms with Crippen molar-refractivity contribution in [1.29, 1.82) is 0 Å². The fourth-order valence-corrected chi connectivity index (χ4v) is 3.58. The van der Waals surface area contributed by atoms with Gasteiger partial charge in [-0.15, -0.1) is 24.0 Å². The number of rotatable bonds is 10. The molecule has 8 heteroatoms. The van der Waals surface area contributed by atoms with Crippen molar-refractivity contribution in [2.75, 3.05) is 54.1 Å². The molecule has 1 aliphatic rings. The molecule has 0 aliphatic carbocycles. The summed E-state index contributed by atoms with van der Waals surface area (Å²) in [6.07, 6.45) is 2.47. The zero-order valence-electron chi connectivity index (χ0n) is 18.4. The van der Waals surface area contributed by atoms with E-state index < -0.39 is 0 Å². The van der Waals surface area contributed by atoms with Gasteiger partial charge in [0, 0.05) is 19.6 Å². The van der Waals surface area contributed by atoms with Crippen LogP contribution >= 0.6 is 24.0 Å². The zero-order valence-corrected chi connectivity index (χ0v) is 20.7. The lowest BCUT2D eigenvalue weighted by Gasteiger charge is -2.17. The van der Waals surface area contributed by atoms with E-state index in [1.165, 1.54) is 32.5 Å². The molecule has 1 heterocycles. The first-order chi connectivity index (χ1) is 13.6. The Morgan fingerprint density at radius 2 is 1.79 bits per heavy atom. The average molecular weight is 520 g/mol. The lowest BCUT2D eigenvalue weighted by Crippen LogP contribution is -2.40. The predicted molar refractivity (Wildman–Crippen MR) is 129 cm³/mol. The van der Waals surface area contributed by atoms with Crippen LogP contribution in [0.3, 0.4) is 0 Å². The van der Waals surface area contributed by atoms with Crippen LogP contribution in [0.15, 0.2) is 17.1 Å². The molecule has 1 atom stereocenters. The summed E-state index contributed by atoms with van der Waals surface area (Å²) in [6, 6.07) is 3.88. The van der Waals surface area contributed by atoms with Gasteiger partial charge in [0.25, 0.3) is 0 Å². The first kappa shape index (κ1) is 25.6. The van der Waals surface area contributed by atoms with E-state index in [2.05, 4.69) is 29.4 Å². The number of hydrogen-bond donors (Lipinski definition) is 2. The Bertz CT molecular complexity index is 617. The van der Waals surface area contributed by atoms with Crippen LogP contribution in [-0.4, -0.2) is 64.9 Å². The van der Waals surface area contributed by atoms with Gasteiger partial charge < -0.3 is 29.7 Å². The van der Waals surface area contributed by atoms with Crippen LogP contribution in [0.2, 0.25) is 0 Å². The molecule has 0 spiro atoms. The predicted octanol–water partition coefficient (Wildman–Crippen LogP) is 3.12. The van der Waals surface area contributed by atoms with Crippen LogP contribution in [-0.2, 0) is 6.54 Å². The van der Waals surface area contributed by atoms with E-state index in [9.17, 15) is 0 Å². The number of hydrogen-bond acceptors (Lipinski definition) is 5. The highest BCUT2D eigenvalue weighted by molar-refractivity contribution is 14.0. The van der Waals surface area contributed by atoms with Crippen molar-refractivity contribution in [1.82, 2.24) is 15.5 Å². The Labute approximate surface area is 192 Å². The van der Waals surface area contributed by atoms with E-state index in [1.54, 1.807) is 21.3 Å². The second-order valence-corrected chi connectivity index (χ2v) is 7.06. The smallest absolute Gasteiger partial charge is 0.203 e. The van der Waals surface area contributed by atoms with E-state index in [-0.39, 0.29) is 24.0 Å². The van der Waals surface area contributed by atoms with Crippen molar-refractivity contribution in [3.05, 3.63) is 17.7 Å². The van der Waals surface area contributed by atoms with Gasteiger partial charge in [-0.2, -0.15) is 0 Å². The Morgan fingerprint density at radius 1 is 1.10 bits per heavy atom. The van der Waals surface area contributed by atoms with Crippen LogP contribution in [0.4, 0.5) is 0 Å². The van der Waals surface area contributed by atoms with E-state index in [0.717, 1.165) is 24.6 Å². The lowest BCUT2D eigenvalue weighted by molar-refractivity contribution is 0.324. The van der Waals surface area contributed by atoms with E-state index in [4.69, 9.17) is 19.2 Å². The number of nitrogens with zero attached hydrogens (tertiary/aromatic N) is 2. The molecule has 0 aromatic heterocycles. The monoisotopic (exact) mass is 520 g/mol. The fraction of sp³-hybridized carbons (Fsp3) is 0.667. The van der Waals surface area contributed by atoms with Crippen molar-refractivity contribution in [2.45, 2.75) is 33.2 Å². The molecule has 1 aromatic rings. The fourth-order valence-electron chi connectivity index (χ4n) is 3.58. The molecule has 0 bridgehead atoms. The quantitative estimate of drug-likeness (QED) is 0.281. The van der Waals surface area contributed by atoms with Gasteiger partial charge in [0.05, 0.1) is 27.9 Å². The number of guanidine groups is 1. The molecule has 2 N–H and O–H groups in total. The van der Waals surface area contributed by atoms with Gasteiger partial charge in [0.15, 0.2) is 17.5 Å². The second kappa shape index (κ2) is 13.7. The highest BCUT2D eigenvalue weighted by Crippen LogP contribution is 2.38. The SMILES string of the molecule is CCCN1CCC(CNC(=NCc2cc(OC)c(OC)c(OC)c2)NCC)C1.I. The summed E-state index contributed by atoms with van der Waals surface area (Å²) in [6.45, 7) is 10.2. The van der Waals surface area contributed by atoms with Crippen molar-refractivity contribution in [3.8, 4) is 17.2 Å². The summed E-state index contributed by atoms with van der Waals surface area (Å²) in [5.74, 6) is 3.40. The van der Waals surface area contributed by atoms with Gasteiger partial charge in [0.1, 0.15) is 0 Å². The topological polar surface area (TPSA) is 67.4 Å². The minimum atomic E-state index is 0. The van der Waals surface area contributed by atoms with Crippen LogP contribution in [0.25, 0.3) is 0 Å². The number of halogens is 1. The van der Waals surface area contributed by atoms with Crippen LogP contribution in [0.1, 0.15) is 32.3 Å². The molecule has 1 aliphatic heterocycles. The molecule has 1 fully saturated rings. The third-order valence-corrected chi connectivity index (χ3v) is 4.96. The molecule has 0 saturated carbocycles. The van der Waals surface area contributed by atoms with Gasteiger partial charge >= 0.3 is 0 Å². The summed E-state index contributed by atoms with van der Waals surface area (Å²) in [5, 5.41) is 6.83. The maximum Gasteiger partial charge on any atom is 0.203 e. The standard InChI is InChI=1S/C21H36N4O3.HI/c1-6-9-25-10-8-16(15-25)13-23-21(22-7-2)24-14-17-11-18(26-3)20(28-5)19(12-17)27-4;/h11-12,16H,6-10,13-15H2,1-5H3,(H2,22,23,24);1H. The third kappa shape index (κ3) is 7.73. The van der Waals surface area contributed by atoms with Gasteiger partial charge in [-0.05, 0) is 56.5 Å². The highest BCUT2D eigenvalue weighted by atomic mass is 127. The zero-order chi connectivity index (χ0) is 20.4. The molecule has 1 aromatic carbocycles. The number of aliphatic imine (C=N–C) groups is 1. The van der Waals surface area contributed by atoms with Crippen molar-refractivity contribution < 1.29 is 14.2 Å². The van der Waals surface area contributed by atoms with Crippen LogP contribution < -0.4 is 24.8 Å². The summed E-state index contributed by atoms with van der Waals surface area (Å²) in [4.78, 5) is 7.28. The first-order valence-corrected chi connectivity index (χ1v) is 10.2. The Kier molecular flexibility index (Phi) is 12.1. The lowest BCUT2D eigenvalue weighted by atomic mass is 10.1. The molecule has 1 saturated heterocycles. The number of likely N-dealkylation sites (tertiary alicyclic amines) is 1. The Balaban J connectivity index is 0.00000420. The van der Waals surface area contributed by atoms with Gasteiger partial charge in [-0.25, -0.2) is 4.99 Å². The van der Waals surface area contributed by atoms with E-state index in [1.807, 2.05) is 12.1 Å². The Hall–Kier alpha value is -1.42. The van der Waals surface area contributed by atoms with Gasteiger partial charge in [-0.1, -0.05) is 6.92 Å². The first-order valence-electron chi connectivity index (χ1n) is 10.2. The van der Waals surface area contributed by atoms with Crippen molar-refractivity contribution in [3.63, 3.8) is 0 Å². The number of benzene rings is 1. The number of ether oxygens (including phenoxy) is 3. The summed E-state index contributed by atoms with van der Waals surface area (Å²) < 4.78 is 16.2. The maximum absolute atomic E-state index is 5.43. The largest absolute Gasteiger partial charge is 0.493 e. The molecule has 2 rings (SSSR count). The van der Waals surface area contributed by atoms with Gasteiger partial charge in [-0.3, -0.25) is 0 Å². The molecule has 7 nitrogen and oxygen atoms in total. The molecular weight excluding hydrogens is 483 g/mol. The number of nitrogens with one attached hydrogen (secondary N) is 2. The minimum absolute atomic E-state index is 0. The summed E-state index contributed by atoms with van der Waals surface area (Å²) in [5.41, 5.74) is 1.00. The maximum atomic E-state index is 5.43. The summed E-state index contributed by atoms with van der Waals surface area (Å²) in [7, 11) is 4.86. The van der Waals surface area contributed by atoms with Crippen molar-refractivity contribution in [2.24, 2.45) is 10.9 Å². The third-order valence-electron chi connectivity index (χ3n) is 4.96. The molecular formula is C21H37IN4O3. The second-order valence-electron chi connectivity index (χ2n) is 7.06. The van der Waals surface area contributed by atoms with Crippen LogP contribution in [0, 0.1) is 5.92 Å². The summed E-state index contributed by atoms with van der Waals surface area (Å²) >= 11 is 0. The highest BCUT2D eigenvalue weighted by Gasteiger charge is 2.21. The average Bonchev–Trinajstić information content (AvgIpc) is 3.16. The molecule has 0 radical (unpaired) electrons. The molecule has 0 amide bonds. The van der Waals surface area contributed by atoms with Gasteiger partial charge in [0.2, 0.25) is 5.75 Å². The van der Waals surface area contributed by atoms with Crippen molar-refractivity contribution >= 4 is 29.9 Å². The normalized spacial score (nSPS) is 16.9. The molecule has 29 heavy (non-hydrogen) atoms. The van der Waals surface area contributed by atoms with E-state index >= 15 is 0 Å². The molecule has 166 valence electrons. The Morgan fingerprint density at radius 3 is 2.34 bits per heavy atom. The van der Waals surface area contributed by atoms with Crippen LogP contribution in [0.5, 0.6) is 17.2 Å². The number of methoxy groups -OCH3 is 3. The van der Waals surface area contributed by atoms with E-state index in [0.29, 0.717) is 29.7 Å².